The molecule has 0 aliphatic carbocycles. The van der Waals surface area contributed by atoms with Crippen LogP contribution in [0.3, 0.4) is 0 Å². The lowest BCUT2D eigenvalue weighted by molar-refractivity contribution is 0.156. The van der Waals surface area contributed by atoms with E-state index in [9.17, 15) is 0 Å². The van der Waals surface area contributed by atoms with Gasteiger partial charge in [0, 0.05) is 6.20 Å². The molecule has 12 heavy (non-hydrogen) atoms. The molecule has 1 aromatic heterocycles. The van der Waals surface area contributed by atoms with Crippen molar-refractivity contribution in [1.29, 1.82) is 0 Å². The van der Waals surface area contributed by atoms with Gasteiger partial charge >= 0.3 is 0 Å². The van der Waals surface area contributed by atoms with Gasteiger partial charge in [-0.15, -0.1) is 5.10 Å². The van der Waals surface area contributed by atoms with Gasteiger partial charge in [-0.05, 0) is 20.0 Å². The van der Waals surface area contributed by atoms with Gasteiger partial charge in [-0.3, -0.25) is 4.90 Å². The van der Waals surface area contributed by atoms with Gasteiger partial charge in [0.25, 0.3) is 0 Å². The second kappa shape index (κ2) is 4.21. The van der Waals surface area contributed by atoms with Gasteiger partial charge < -0.3 is 0 Å². The van der Waals surface area contributed by atoms with Crippen LogP contribution < -0.4 is 0 Å². The fourth-order valence-corrected chi connectivity index (χ4v) is 1.34. The predicted molar refractivity (Wildman–Crippen MR) is 47.7 cm³/mol. The first-order chi connectivity index (χ1) is 5.79. The van der Waals surface area contributed by atoms with Crippen LogP contribution in [0.5, 0.6) is 0 Å². The van der Waals surface area contributed by atoms with Crippen LogP contribution in [0, 0.1) is 0 Å². The summed E-state index contributed by atoms with van der Waals surface area (Å²) in [6, 6.07) is 0. The summed E-state index contributed by atoms with van der Waals surface area (Å²) in [4.78, 5) is 2.31. The zero-order chi connectivity index (χ0) is 8.97. The molecule has 0 aromatic carbocycles. The molecule has 4 heteroatoms. The molecule has 0 radical (unpaired) electrons. The van der Waals surface area contributed by atoms with Crippen LogP contribution in [-0.4, -0.2) is 33.0 Å². The van der Waals surface area contributed by atoms with Crippen LogP contribution in [0.15, 0.2) is 12.4 Å². The Morgan fingerprint density at radius 1 is 1.42 bits per heavy atom. The highest BCUT2D eigenvalue weighted by Crippen LogP contribution is 2.08. The molecule has 1 aromatic rings. The lowest BCUT2D eigenvalue weighted by atomic mass is 10.4. The van der Waals surface area contributed by atoms with Crippen LogP contribution in [0.25, 0.3) is 0 Å². The van der Waals surface area contributed by atoms with Gasteiger partial charge in [0.15, 0.2) is 0 Å². The minimum absolute atomic E-state index is 0.308. The Hall–Kier alpha value is -0.900. The molecule has 1 rings (SSSR count). The Balaban J connectivity index is 2.63. The lowest BCUT2D eigenvalue weighted by Gasteiger charge is -2.25. The van der Waals surface area contributed by atoms with Crippen molar-refractivity contribution < 1.29 is 0 Å². The Labute approximate surface area is 73.2 Å². The second-order valence-electron chi connectivity index (χ2n) is 2.74. The molecule has 68 valence electrons. The summed E-state index contributed by atoms with van der Waals surface area (Å²) < 4.78 is 1.87. The molecular weight excluding hydrogens is 152 g/mol. The number of nitrogens with zero attached hydrogens (tertiary/aromatic N) is 4. The molecule has 0 aliphatic rings. The highest BCUT2D eigenvalue weighted by molar-refractivity contribution is 4.69. The van der Waals surface area contributed by atoms with Crippen molar-refractivity contribution in [3.63, 3.8) is 0 Å². The second-order valence-corrected chi connectivity index (χ2v) is 2.74. The van der Waals surface area contributed by atoms with Gasteiger partial charge in [-0.1, -0.05) is 19.1 Å². The molecule has 1 atom stereocenters. The van der Waals surface area contributed by atoms with E-state index in [2.05, 4.69) is 36.0 Å². The van der Waals surface area contributed by atoms with Crippen LogP contribution in [0.1, 0.15) is 26.9 Å². The van der Waals surface area contributed by atoms with Gasteiger partial charge in [0.2, 0.25) is 0 Å². The van der Waals surface area contributed by atoms with Crippen molar-refractivity contribution in [1.82, 2.24) is 19.9 Å². The molecule has 0 N–H and O–H groups in total. The third-order valence-electron chi connectivity index (χ3n) is 2.16. The summed E-state index contributed by atoms with van der Waals surface area (Å²) >= 11 is 0. The first-order valence-corrected chi connectivity index (χ1v) is 4.39. The molecule has 4 nitrogen and oxygen atoms in total. The average molecular weight is 168 g/mol. The molecule has 0 bridgehead atoms. The molecule has 0 saturated heterocycles. The first-order valence-electron chi connectivity index (χ1n) is 4.39. The van der Waals surface area contributed by atoms with E-state index < -0.39 is 0 Å². The third kappa shape index (κ3) is 1.82. The van der Waals surface area contributed by atoms with E-state index >= 15 is 0 Å². The van der Waals surface area contributed by atoms with Crippen molar-refractivity contribution in [3.05, 3.63) is 12.4 Å². The maximum Gasteiger partial charge on any atom is 0.103 e. The van der Waals surface area contributed by atoms with E-state index in [1.54, 1.807) is 6.20 Å². The maximum atomic E-state index is 3.96. The van der Waals surface area contributed by atoms with Crippen LogP contribution >= 0.6 is 0 Å². The summed E-state index contributed by atoms with van der Waals surface area (Å²) in [6.07, 6.45) is 3.91. The first kappa shape index (κ1) is 9.19. The van der Waals surface area contributed by atoms with Crippen molar-refractivity contribution in [2.45, 2.75) is 26.9 Å². The fourth-order valence-electron chi connectivity index (χ4n) is 1.34. The van der Waals surface area contributed by atoms with E-state index in [0.29, 0.717) is 6.17 Å². The highest BCUT2D eigenvalue weighted by atomic mass is 15.5. The Morgan fingerprint density at radius 2 is 2.08 bits per heavy atom. The van der Waals surface area contributed by atoms with Gasteiger partial charge in [-0.25, -0.2) is 4.68 Å². The summed E-state index contributed by atoms with van der Waals surface area (Å²) in [5, 5.41) is 7.74. The Kier molecular flexibility index (Phi) is 3.22. The van der Waals surface area contributed by atoms with Crippen LogP contribution in [0.4, 0.5) is 0 Å². The van der Waals surface area contributed by atoms with Gasteiger partial charge in [0.05, 0.1) is 6.20 Å². The summed E-state index contributed by atoms with van der Waals surface area (Å²) in [6.45, 7) is 8.50. The SMILES string of the molecule is CCN(CC)C(C)n1ccnn1. The number of hydrogen-bond donors (Lipinski definition) is 0. The smallest absolute Gasteiger partial charge is 0.103 e. The molecule has 1 heterocycles. The Morgan fingerprint density at radius 3 is 2.50 bits per heavy atom. The zero-order valence-corrected chi connectivity index (χ0v) is 7.94. The van der Waals surface area contributed by atoms with E-state index in [0.717, 1.165) is 13.1 Å². The minimum Gasteiger partial charge on any atom is -0.283 e. The van der Waals surface area contributed by atoms with Crippen molar-refractivity contribution >= 4 is 0 Å². The zero-order valence-electron chi connectivity index (χ0n) is 7.94. The van der Waals surface area contributed by atoms with E-state index in [-0.39, 0.29) is 0 Å². The molecule has 1 unspecified atom stereocenters. The number of aromatic nitrogens is 3. The molecule has 0 spiro atoms. The quantitative estimate of drug-likeness (QED) is 0.676. The largest absolute Gasteiger partial charge is 0.283 e. The fraction of sp³-hybridized carbons (Fsp3) is 0.750. The minimum atomic E-state index is 0.308. The molecule has 0 amide bonds. The monoisotopic (exact) mass is 168 g/mol. The summed E-state index contributed by atoms with van der Waals surface area (Å²) in [5.74, 6) is 0. The topological polar surface area (TPSA) is 34.0 Å². The average Bonchev–Trinajstić information content (AvgIpc) is 2.58. The summed E-state index contributed by atoms with van der Waals surface area (Å²) in [5.41, 5.74) is 0. The molecule has 0 fully saturated rings. The third-order valence-corrected chi connectivity index (χ3v) is 2.16. The predicted octanol–water partition coefficient (Wildman–Crippen LogP) is 1.14. The lowest BCUT2D eigenvalue weighted by Crippen LogP contribution is -2.30. The highest BCUT2D eigenvalue weighted by Gasteiger charge is 2.11. The van der Waals surface area contributed by atoms with E-state index in [1.807, 2.05) is 10.9 Å². The maximum absolute atomic E-state index is 3.96. The molecular formula is C8H16N4. The number of rotatable bonds is 4. The van der Waals surface area contributed by atoms with Gasteiger partial charge in [-0.2, -0.15) is 0 Å². The Bertz CT molecular complexity index is 203. The molecule has 0 saturated carbocycles. The normalized spacial score (nSPS) is 13.7. The van der Waals surface area contributed by atoms with Crippen molar-refractivity contribution in [2.75, 3.05) is 13.1 Å². The van der Waals surface area contributed by atoms with Crippen LogP contribution in [-0.2, 0) is 0 Å². The number of hydrogen-bond acceptors (Lipinski definition) is 3. The standard InChI is InChI=1S/C8H16N4/c1-4-11(5-2)8(3)12-7-6-9-10-12/h6-8H,4-5H2,1-3H3. The van der Waals surface area contributed by atoms with E-state index in [1.165, 1.54) is 0 Å². The van der Waals surface area contributed by atoms with Crippen molar-refractivity contribution in [3.8, 4) is 0 Å². The van der Waals surface area contributed by atoms with Gasteiger partial charge in [0.1, 0.15) is 6.17 Å². The van der Waals surface area contributed by atoms with E-state index in [4.69, 9.17) is 0 Å². The molecule has 0 aliphatic heterocycles. The van der Waals surface area contributed by atoms with Crippen molar-refractivity contribution in [2.24, 2.45) is 0 Å². The summed E-state index contributed by atoms with van der Waals surface area (Å²) in [7, 11) is 0. The van der Waals surface area contributed by atoms with Crippen LogP contribution in [0.2, 0.25) is 0 Å².